The van der Waals surface area contributed by atoms with Crippen LogP contribution in [0.5, 0.6) is 11.5 Å². The zero-order chi connectivity index (χ0) is 22.6. The van der Waals surface area contributed by atoms with Gasteiger partial charge < -0.3 is 19.5 Å². The van der Waals surface area contributed by atoms with Crippen LogP contribution in [0.2, 0.25) is 0 Å². The lowest BCUT2D eigenvalue weighted by atomic mass is 9.61. The van der Waals surface area contributed by atoms with Gasteiger partial charge in [0.1, 0.15) is 0 Å². The van der Waals surface area contributed by atoms with E-state index in [2.05, 4.69) is 60.5 Å². The van der Waals surface area contributed by atoms with Crippen molar-refractivity contribution in [1.82, 2.24) is 4.90 Å². The Bertz CT molecular complexity index is 926. The van der Waals surface area contributed by atoms with Crippen molar-refractivity contribution in [1.29, 1.82) is 0 Å². The van der Waals surface area contributed by atoms with Gasteiger partial charge in [0.25, 0.3) is 0 Å². The topological polar surface area (TPSA) is 41.9 Å². The normalized spacial score (nSPS) is 24.5. The molecule has 4 heteroatoms. The van der Waals surface area contributed by atoms with Gasteiger partial charge in [-0.3, -0.25) is 0 Å². The molecule has 4 nitrogen and oxygen atoms in total. The first-order valence-electron chi connectivity index (χ1n) is 11.9. The summed E-state index contributed by atoms with van der Waals surface area (Å²) >= 11 is 0. The summed E-state index contributed by atoms with van der Waals surface area (Å²) in [6, 6.07) is 16.9. The first kappa shape index (κ1) is 22.9. The molecule has 0 aromatic heterocycles. The van der Waals surface area contributed by atoms with E-state index < -0.39 is 5.60 Å². The van der Waals surface area contributed by atoms with E-state index in [-0.39, 0.29) is 5.92 Å². The molecule has 1 saturated carbocycles. The molecule has 1 fully saturated rings. The number of methoxy groups -OCH3 is 2. The molecular weight excluding hydrogens is 398 g/mol. The highest BCUT2D eigenvalue weighted by molar-refractivity contribution is 5.69. The smallest absolute Gasteiger partial charge is 0.160 e. The number of hydrogen-bond acceptors (Lipinski definition) is 4. The van der Waals surface area contributed by atoms with Crippen molar-refractivity contribution in [2.24, 2.45) is 11.8 Å². The number of aryl methyl sites for hydroxylation is 1. The van der Waals surface area contributed by atoms with E-state index in [1.807, 2.05) is 6.07 Å². The molecule has 2 aromatic carbocycles. The standard InChI is InChI=1S/C28H37NO3/c1-29(16-7-8-21-11-14-26(31-2)27(18-21)32-3)17-15-28(30)20-23-12-13-24(28)19-25(23)22-9-5-4-6-10-22/h4-6,9-11,14,18-19,23-24,30H,7-8,12-13,15-17,20H2,1-3H3/t23?,24-,28?/m0/s1. The molecule has 5 rings (SSSR count). The molecule has 3 aliphatic carbocycles. The lowest BCUT2D eigenvalue weighted by molar-refractivity contribution is -0.0574. The Morgan fingerprint density at radius 1 is 1.00 bits per heavy atom. The van der Waals surface area contributed by atoms with Crippen molar-refractivity contribution in [2.75, 3.05) is 34.4 Å². The van der Waals surface area contributed by atoms with E-state index in [4.69, 9.17) is 9.47 Å². The Labute approximate surface area is 192 Å². The predicted octanol–water partition coefficient (Wildman–Crippen LogP) is 5.20. The second kappa shape index (κ2) is 10.1. The number of hydrogen-bond donors (Lipinski definition) is 1. The lowest BCUT2D eigenvalue weighted by Gasteiger charge is -2.48. The maximum Gasteiger partial charge on any atom is 0.160 e. The summed E-state index contributed by atoms with van der Waals surface area (Å²) in [7, 11) is 5.51. The highest BCUT2D eigenvalue weighted by Gasteiger charge is 2.46. The highest BCUT2D eigenvalue weighted by atomic mass is 16.5. The Kier molecular flexibility index (Phi) is 7.22. The Hall–Kier alpha value is -2.30. The minimum absolute atomic E-state index is 0.280. The quantitative estimate of drug-likeness (QED) is 0.557. The fraction of sp³-hybridized carbons (Fsp3) is 0.500. The van der Waals surface area contributed by atoms with Crippen LogP contribution >= 0.6 is 0 Å². The van der Waals surface area contributed by atoms with Gasteiger partial charge in [0.05, 0.1) is 19.8 Å². The molecular formula is C28H37NO3. The number of rotatable bonds is 10. The van der Waals surface area contributed by atoms with Crippen LogP contribution in [0.15, 0.2) is 54.6 Å². The number of ether oxygens (including phenoxy) is 2. The van der Waals surface area contributed by atoms with E-state index in [9.17, 15) is 5.11 Å². The van der Waals surface area contributed by atoms with E-state index in [1.54, 1.807) is 14.2 Å². The molecule has 1 N–H and O–H groups in total. The molecule has 172 valence electrons. The van der Waals surface area contributed by atoms with Crippen LogP contribution in [-0.4, -0.2) is 50.0 Å². The van der Waals surface area contributed by atoms with Crippen molar-refractivity contribution >= 4 is 5.57 Å². The SMILES string of the molecule is COc1ccc(CCCN(C)CCC2(O)CC3CC[C@H]2C=C3c2ccccc2)cc1OC. The number of fused-ring (bicyclic) bond motifs is 2. The third kappa shape index (κ3) is 5.02. The van der Waals surface area contributed by atoms with Crippen LogP contribution in [0.25, 0.3) is 5.57 Å². The first-order chi connectivity index (χ1) is 15.5. The summed E-state index contributed by atoms with van der Waals surface area (Å²) in [5, 5.41) is 11.5. The van der Waals surface area contributed by atoms with Gasteiger partial charge in [-0.1, -0.05) is 42.5 Å². The van der Waals surface area contributed by atoms with Gasteiger partial charge in [-0.25, -0.2) is 0 Å². The summed E-state index contributed by atoms with van der Waals surface area (Å²) in [6.45, 7) is 1.95. The van der Waals surface area contributed by atoms with Gasteiger partial charge in [-0.15, -0.1) is 0 Å². The van der Waals surface area contributed by atoms with E-state index in [0.29, 0.717) is 5.92 Å². The molecule has 3 atom stereocenters. The molecule has 2 aromatic rings. The molecule has 0 spiro atoms. The zero-order valence-corrected chi connectivity index (χ0v) is 19.7. The average molecular weight is 436 g/mol. The predicted molar refractivity (Wildman–Crippen MR) is 130 cm³/mol. The largest absolute Gasteiger partial charge is 0.493 e. The third-order valence-electron chi connectivity index (χ3n) is 7.42. The summed E-state index contributed by atoms with van der Waals surface area (Å²) in [6.07, 6.45) is 8.52. The second-order valence-electron chi connectivity index (χ2n) is 9.52. The molecule has 0 radical (unpaired) electrons. The summed E-state index contributed by atoms with van der Waals surface area (Å²) in [5.41, 5.74) is 3.49. The molecule has 2 unspecified atom stereocenters. The van der Waals surface area contributed by atoms with Crippen molar-refractivity contribution < 1.29 is 14.6 Å². The molecule has 0 aliphatic heterocycles. The van der Waals surface area contributed by atoms with E-state index >= 15 is 0 Å². The van der Waals surface area contributed by atoms with Gasteiger partial charge in [0.15, 0.2) is 11.5 Å². The van der Waals surface area contributed by atoms with Crippen LogP contribution in [0.4, 0.5) is 0 Å². The Morgan fingerprint density at radius 3 is 2.47 bits per heavy atom. The minimum Gasteiger partial charge on any atom is -0.493 e. The van der Waals surface area contributed by atoms with Gasteiger partial charge >= 0.3 is 0 Å². The number of aliphatic hydroxyl groups is 1. The maximum absolute atomic E-state index is 11.5. The molecule has 3 aliphatic rings. The second-order valence-corrected chi connectivity index (χ2v) is 9.52. The molecule has 2 bridgehead atoms. The van der Waals surface area contributed by atoms with Crippen LogP contribution in [-0.2, 0) is 6.42 Å². The minimum atomic E-state index is -0.557. The zero-order valence-electron chi connectivity index (χ0n) is 19.7. The number of benzene rings is 2. The van der Waals surface area contributed by atoms with Crippen molar-refractivity contribution in [3.63, 3.8) is 0 Å². The van der Waals surface area contributed by atoms with Crippen molar-refractivity contribution in [3.8, 4) is 11.5 Å². The van der Waals surface area contributed by atoms with Gasteiger partial charge in [0.2, 0.25) is 0 Å². The molecule has 0 amide bonds. The molecule has 32 heavy (non-hydrogen) atoms. The summed E-state index contributed by atoms with van der Waals surface area (Å²) in [5.74, 6) is 2.33. The van der Waals surface area contributed by atoms with Crippen molar-refractivity contribution in [3.05, 3.63) is 65.7 Å². The highest BCUT2D eigenvalue weighted by Crippen LogP contribution is 2.51. The summed E-state index contributed by atoms with van der Waals surface area (Å²) in [4.78, 5) is 2.36. The average Bonchev–Trinajstić information content (AvgIpc) is 2.83. The van der Waals surface area contributed by atoms with E-state index in [1.165, 1.54) is 23.1 Å². The maximum atomic E-state index is 11.5. The van der Waals surface area contributed by atoms with Gasteiger partial charge in [-0.05, 0) is 86.9 Å². The molecule has 0 heterocycles. The van der Waals surface area contributed by atoms with E-state index in [0.717, 1.165) is 56.7 Å². The number of nitrogens with zero attached hydrogens (tertiary/aromatic N) is 1. The summed E-state index contributed by atoms with van der Waals surface area (Å²) < 4.78 is 10.7. The van der Waals surface area contributed by atoms with Gasteiger partial charge in [-0.2, -0.15) is 0 Å². The van der Waals surface area contributed by atoms with Crippen LogP contribution in [0.1, 0.15) is 43.2 Å². The molecule has 0 saturated heterocycles. The first-order valence-corrected chi connectivity index (χ1v) is 11.9. The number of allylic oxidation sites excluding steroid dienone is 1. The third-order valence-corrected chi connectivity index (χ3v) is 7.42. The van der Waals surface area contributed by atoms with Gasteiger partial charge in [0, 0.05) is 12.5 Å². The van der Waals surface area contributed by atoms with Crippen LogP contribution in [0, 0.1) is 11.8 Å². The monoisotopic (exact) mass is 435 g/mol. The Morgan fingerprint density at radius 2 is 1.78 bits per heavy atom. The Balaban J connectivity index is 1.27. The lowest BCUT2D eigenvalue weighted by Crippen LogP contribution is -2.48. The fourth-order valence-corrected chi connectivity index (χ4v) is 5.52. The fourth-order valence-electron chi connectivity index (χ4n) is 5.52. The van der Waals surface area contributed by atoms with Crippen molar-refractivity contribution in [2.45, 2.75) is 44.1 Å². The van der Waals surface area contributed by atoms with Crippen LogP contribution in [0.3, 0.4) is 0 Å². The van der Waals surface area contributed by atoms with Crippen LogP contribution < -0.4 is 9.47 Å².